The maximum absolute atomic E-state index is 13.3. The highest BCUT2D eigenvalue weighted by Crippen LogP contribution is 2.21. The topological polar surface area (TPSA) is 3.24 Å². The highest BCUT2D eigenvalue weighted by atomic mass is 79.9. The minimum Gasteiger partial charge on any atom is -0.370 e. The predicted octanol–water partition coefficient (Wildman–Crippen LogP) is 4.53. The Hall–Kier alpha value is -1.35. The van der Waals surface area contributed by atoms with Crippen molar-refractivity contribution in [2.24, 2.45) is 0 Å². The SMILES string of the molecule is Cc1ccccc1N(C)Cc1cc(F)cc(Br)c1. The summed E-state index contributed by atoms with van der Waals surface area (Å²) in [6, 6.07) is 13.2. The fourth-order valence-electron chi connectivity index (χ4n) is 2.05. The number of rotatable bonds is 3. The number of para-hydroxylation sites is 1. The van der Waals surface area contributed by atoms with Crippen LogP contribution in [0.4, 0.5) is 10.1 Å². The molecule has 0 atom stereocenters. The molecule has 0 N–H and O–H groups in total. The van der Waals surface area contributed by atoms with Crippen LogP contribution in [0.3, 0.4) is 0 Å². The number of nitrogens with zero attached hydrogens (tertiary/aromatic N) is 1. The standard InChI is InChI=1S/C15H15BrFN/c1-11-5-3-4-6-15(11)18(2)10-12-7-13(16)9-14(17)8-12/h3-9H,10H2,1-2H3. The van der Waals surface area contributed by atoms with Gasteiger partial charge in [-0.1, -0.05) is 34.1 Å². The van der Waals surface area contributed by atoms with E-state index in [4.69, 9.17) is 0 Å². The minimum atomic E-state index is -0.211. The Kier molecular flexibility index (Phi) is 4.02. The lowest BCUT2D eigenvalue weighted by Gasteiger charge is -2.21. The number of anilines is 1. The van der Waals surface area contributed by atoms with E-state index >= 15 is 0 Å². The molecule has 0 saturated carbocycles. The Morgan fingerprint density at radius 1 is 1.17 bits per heavy atom. The average Bonchev–Trinajstić information content (AvgIpc) is 2.27. The molecular formula is C15H15BrFN. The Bertz CT molecular complexity index is 534. The van der Waals surface area contributed by atoms with Crippen LogP contribution < -0.4 is 4.90 Å². The summed E-state index contributed by atoms with van der Waals surface area (Å²) >= 11 is 3.32. The van der Waals surface area contributed by atoms with Gasteiger partial charge in [-0.2, -0.15) is 0 Å². The lowest BCUT2D eigenvalue weighted by molar-refractivity contribution is 0.624. The van der Waals surface area contributed by atoms with Crippen LogP contribution in [-0.4, -0.2) is 7.05 Å². The zero-order valence-corrected chi connectivity index (χ0v) is 12.0. The van der Waals surface area contributed by atoms with Crippen molar-refractivity contribution in [2.45, 2.75) is 13.5 Å². The monoisotopic (exact) mass is 307 g/mol. The van der Waals surface area contributed by atoms with Crippen molar-refractivity contribution in [3.8, 4) is 0 Å². The van der Waals surface area contributed by atoms with Crippen molar-refractivity contribution in [3.05, 3.63) is 63.9 Å². The van der Waals surface area contributed by atoms with E-state index in [2.05, 4.69) is 39.9 Å². The largest absolute Gasteiger partial charge is 0.370 e. The minimum absolute atomic E-state index is 0.211. The van der Waals surface area contributed by atoms with Crippen molar-refractivity contribution in [2.75, 3.05) is 11.9 Å². The van der Waals surface area contributed by atoms with E-state index in [-0.39, 0.29) is 5.82 Å². The molecule has 0 radical (unpaired) electrons. The summed E-state index contributed by atoms with van der Waals surface area (Å²) < 4.78 is 14.1. The molecule has 0 unspecified atom stereocenters. The second-order valence-corrected chi connectivity index (χ2v) is 5.34. The molecule has 3 heteroatoms. The van der Waals surface area contributed by atoms with Gasteiger partial charge in [0.25, 0.3) is 0 Å². The molecule has 2 aromatic carbocycles. The van der Waals surface area contributed by atoms with Gasteiger partial charge < -0.3 is 4.90 Å². The van der Waals surface area contributed by atoms with Gasteiger partial charge in [-0.15, -0.1) is 0 Å². The lowest BCUT2D eigenvalue weighted by Crippen LogP contribution is -2.17. The third-order valence-electron chi connectivity index (χ3n) is 2.87. The van der Waals surface area contributed by atoms with Gasteiger partial charge in [0.1, 0.15) is 5.82 Å². The van der Waals surface area contributed by atoms with Crippen LogP contribution in [0.1, 0.15) is 11.1 Å². The molecule has 2 aromatic rings. The summed E-state index contributed by atoms with van der Waals surface area (Å²) in [5, 5.41) is 0. The smallest absolute Gasteiger partial charge is 0.124 e. The molecule has 0 aliphatic carbocycles. The van der Waals surface area contributed by atoms with Gasteiger partial charge in [0.15, 0.2) is 0 Å². The van der Waals surface area contributed by atoms with E-state index in [1.165, 1.54) is 11.6 Å². The summed E-state index contributed by atoms with van der Waals surface area (Å²) in [5.74, 6) is -0.211. The molecule has 0 bridgehead atoms. The maximum Gasteiger partial charge on any atom is 0.124 e. The first-order chi connectivity index (χ1) is 8.56. The van der Waals surface area contributed by atoms with E-state index in [0.29, 0.717) is 6.54 Å². The Morgan fingerprint density at radius 2 is 1.89 bits per heavy atom. The van der Waals surface area contributed by atoms with Crippen LogP contribution in [0.5, 0.6) is 0 Å². The van der Waals surface area contributed by atoms with Crippen LogP contribution >= 0.6 is 15.9 Å². The molecule has 18 heavy (non-hydrogen) atoms. The Labute approximate surface area is 115 Å². The Morgan fingerprint density at radius 3 is 2.56 bits per heavy atom. The van der Waals surface area contributed by atoms with Gasteiger partial charge >= 0.3 is 0 Å². The number of halogens is 2. The van der Waals surface area contributed by atoms with E-state index in [9.17, 15) is 4.39 Å². The normalized spacial score (nSPS) is 10.4. The zero-order valence-electron chi connectivity index (χ0n) is 10.5. The molecule has 94 valence electrons. The summed E-state index contributed by atoms with van der Waals surface area (Å²) in [5.41, 5.74) is 3.33. The van der Waals surface area contributed by atoms with Gasteiger partial charge in [-0.25, -0.2) is 4.39 Å². The molecule has 0 aliphatic heterocycles. The molecule has 0 fully saturated rings. The lowest BCUT2D eigenvalue weighted by atomic mass is 10.1. The van der Waals surface area contributed by atoms with Crippen molar-refractivity contribution in [1.29, 1.82) is 0 Å². The van der Waals surface area contributed by atoms with Crippen LogP contribution in [0.25, 0.3) is 0 Å². The number of aryl methyl sites for hydroxylation is 1. The van der Waals surface area contributed by atoms with E-state index in [1.54, 1.807) is 6.07 Å². The number of hydrogen-bond donors (Lipinski definition) is 0. The first kappa shape index (κ1) is 13.1. The summed E-state index contributed by atoms with van der Waals surface area (Å²) in [6.07, 6.45) is 0. The number of hydrogen-bond acceptors (Lipinski definition) is 1. The summed E-state index contributed by atoms with van der Waals surface area (Å²) in [6.45, 7) is 2.76. The first-order valence-corrected chi connectivity index (χ1v) is 6.57. The molecule has 0 aliphatic rings. The number of benzene rings is 2. The third-order valence-corrected chi connectivity index (χ3v) is 3.33. The average molecular weight is 308 g/mol. The van der Waals surface area contributed by atoms with Crippen LogP contribution in [0.15, 0.2) is 46.9 Å². The highest BCUT2D eigenvalue weighted by Gasteiger charge is 2.06. The van der Waals surface area contributed by atoms with E-state index in [0.717, 1.165) is 15.7 Å². The van der Waals surface area contributed by atoms with Crippen molar-refractivity contribution >= 4 is 21.6 Å². The summed E-state index contributed by atoms with van der Waals surface area (Å²) in [7, 11) is 2.02. The van der Waals surface area contributed by atoms with Crippen LogP contribution in [0, 0.1) is 12.7 Å². The third kappa shape index (κ3) is 3.10. The molecule has 1 nitrogen and oxygen atoms in total. The van der Waals surface area contributed by atoms with Gasteiger partial charge in [0, 0.05) is 23.8 Å². The summed E-state index contributed by atoms with van der Waals surface area (Å²) in [4.78, 5) is 2.12. The zero-order chi connectivity index (χ0) is 13.1. The van der Waals surface area contributed by atoms with E-state index in [1.807, 2.05) is 25.2 Å². The fourth-order valence-corrected chi connectivity index (χ4v) is 2.57. The van der Waals surface area contributed by atoms with Crippen LogP contribution in [-0.2, 0) is 6.54 Å². The molecule has 0 saturated heterocycles. The van der Waals surface area contributed by atoms with Gasteiger partial charge in [0.2, 0.25) is 0 Å². The van der Waals surface area contributed by atoms with Crippen molar-refractivity contribution in [3.63, 3.8) is 0 Å². The molecule has 0 aromatic heterocycles. The van der Waals surface area contributed by atoms with Crippen molar-refractivity contribution in [1.82, 2.24) is 0 Å². The predicted molar refractivity (Wildman–Crippen MR) is 77.4 cm³/mol. The van der Waals surface area contributed by atoms with Gasteiger partial charge in [0.05, 0.1) is 0 Å². The quantitative estimate of drug-likeness (QED) is 0.805. The first-order valence-electron chi connectivity index (χ1n) is 5.78. The molecule has 0 spiro atoms. The van der Waals surface area contributed by atoms with Crippen LogP contribution in [0.2, 0.25) is 0 Å². The van der Waals surface area contributed by atoms with Crippen molar-refractivity contribution < 1.29 is 4.39 Å². The highest BCUT2D eigenvalue weighted by molar-refractivity contribution is 9.10. The molecule has 2 rings (SSSR count). The Balaban J connectivity index is 2.21. The fraction of sp³-hybridized carbons (Fsp3) is 0.200. The van der Waals surface area contributed by atoms with E-state index < -0.39 is 0 Å². The molecule has 0 heterocycles. The molecule has 0 amide bonds. The second kappa shape index (κ2) is 5.53. The van der Waals surface area contributed by atoms with Gasteiger partial charge in [-0.3, -0.25) is 0 Å². The molecular weight excluding hydrogens is 293 g/mol. The maximum atomic E-state index is 13.3. The second-order valence-electron chi connectivity index (χ2n) is 4.42. The van der Waals surface area contributed by atoms with Gasteiger partial charge in [-0.05, 0) is 42.3 Å².